The molecule has 2 atom stereocenters. The van der Waals surface area contributed by atoms with Gasteiger partial charge in [0.05, 0.1) is 25.4 Å². The highest BCUT2D eigenvalue weighted by atomic mass is 16.5. The largest absolute Gasteiger partial charge is 0.466 e. The zero-order valence-electron chi connectivity index (χ0n) is 38.1. The summed E-state index contributed by atoms with van der Waals surface area (Å²) < 4.78 is 5.44. The maximum atomic E-state index is 12.4. The Hall–Kier alpha value is -1.66. The summed E-state index contributed by atoms with van der Waals surface area (Å²) in [6, 6.07) is -0.648. The molecule has 0 aliphatic rings. The monoisotopic (exact) mass is 804 g/mol. The number of amides is 1. The molecule has 0 saturated heterocycles. The second-order valence-corrected chi connectivity index (χ2v) is 17.1. The van der Waals surface area contributed by atoms with Gasteiger partial charge in [0.25, 0.3) is 0 Å². The zero-order valence-corrected chi connectivity index (χ0v) is 38.1. The first-order valence-electron chi connectivity index (χ1n) is 25.1. The van der Waals surface area contributed by atoms with Gasteiger partial charge >= 0.3 is 5.97 Å². The molecule has 2 unspecified atom stereocenters. The first-order chi connectivity index (χ1) is 28.0. The van der Waals surface area contributed by atoms with Crippen LogP contribution in [0.1, 0.15) is 264 Å². The fourth-order valence-corrected chi connectivity index (χ4v) is 7.57. The van der Waals surface area contributed by atoms with Crippen LogP contribution in [0.5, 0.6) is 0 Å². The Morgan fingerprint density at radius 1 is 0.474 bits per heavy atom. The van der Waals surface area contributed by atoms with Gasteiger partial charge in [-0.25, -0.2) is 0 Å². The van der Waals surface area contributed by atoms with Crippen molar-refractivity contribution in [3.8, 4) is 0 Å². The number of unbranched alkanes of at least 4 members (excludes halogenated alkanes) is 33. The van der Waals surface area contributed by atoms with Gasteiger partial charge in [0, 0.05) is 12.8 Å². The van der Waals surface area contributed by atoms with E-state index < -0.39 is 12.1 Å². The molecule has 0 aromatic heterocycles. The van der Waals surface area contributed by atoms with Crippen LogP contribution < -0.4 is 5.32 Å². The average Bonchev–Trinajstić information content (AvgIpc) is 3.21. The molecule has 0 aliphatic heterocycles. The predicted octanol–water partition coefficient (Wildman–Crippen LogP) is 14.7. The van der Waals surface area contributed by atoms with Gasteiger partial charge in [0.15, 0.2) is 0 Å². The Bertz CT molecular complexity index is 889. The van der Waals surface area contributed by atoms with Crippen LogP contribution in [0.2, 0.25) is 0 Å². The molecule has 0 aliphatic carbocycles. The molecule has 0 heterocycles. The number of carbonyl (C=O) groups excluding carboxylic acids is 2. The first-order valence-corrected chi connectivity index (χ1v) is 25.1. The lowest BCUT2D eigenvalue weighted by Crippen LogP contribution is -2.45. The van der Waals surface area contributed by atoms with Crippen LogP contribution in [0.15, 0.2) is 24.3 Å². The van der Waals surface area contributed by atoms with E-state index >= 15 is 0 Å². The Labute approximate surface area is 354 Å². The Kier molecular flexibility index (Phi) is 45.7. The summed E-state index contributed by atoms with van der Waals surface area (Å²) in [7, 11) is 0. The average molecular weight is 804 g/mol. The van der Waals surface area contributed by atoms with Gasteiger partial charge in [0.2, 0.25) is 5.91 Å². The molecule has 6 heteroatoms. The number of rotatable bonds is 46. The Balaban J connectivity index is 3.54. The van der Waals surface area contributed by atoms with Gasteiger partial charge in [-0.05, 0) is 57.8 Å². The molecule has 0 saturated carbocycles. The molecular weight excluding hydrogens is 707 g/mol. The summed E-state index contributed by atoms with van der Waals surface area (Å²) in [5.74, 6) is -0.131. The van der Waals surface area contributed by atoms with Crippen molar-refractivity contribution in [3.63, 3.8) is 0 Å². The van der Waals surface area contributed by atoms with Crippen molar-refractivity contribution in [1.82, 2.24) is 5.32 Å². The summed E-state index contributed by atoms with van der Waals surface area (Å²) in [6.45, 7) is 4.83. The van der Waals surface area contributed by atoms with E-state index in [1.807, 2.05) is 6.08 Å². The van der Waals surface area contributed by atoms with Crippen molar-refractivity contribution in [3.05, 3.63) is 24.3 Å². The fraction of sp³-hybridized carbons (Fsp3) is 0.882. The van der Waals surface area contributed by atoms with Crippen molar-refractivity contribution in [1.29, 1.82) is 0 Å². The number of ether oxygens (including phenoxy) is 1. The summed E-state index contributed by atoms with van der Waals surface area (Å²) in [4.78, 5) is 24.4. The first kappa shape index (κ1) is 55.3. The molecular formula is C51H97NO5. The molecule has 57 heavy (non-hydrogen) atoms. The third-order valence-electron chi connectivity index (χ3n) is 11.5. The van der Waals surface area contributed by atoms with Crippen molar-refractivity contribution in [2.75, 3.05) is 13.2 Å². The fourth-order valence-electron chi connectivity index (χ4n) is 7.57. The third kappa shape index (κ3) is 43.7. The van der Waals surface area contributed by atoms with E-state index in [0.717, 1.165) is 57.8 Å². The normalized spacial score (nSPS) is 12.8. The Morgan fingerprint density at radius 2 is 0.825 bits per heavy atom. The van der Waals surface area contributed by atoms with Gasteiger partial charge in [-0.1, -0.05) is 218 Å². The second kappa shape index (κ2) is 47.0. The number of carbonyl (C=O) groups is 2. The highest BCUT2D eigenvalue weighted by Crippen LogP contribution is 2.15. The van der Waals surface area contributed by atoms with Crippen LogP contribution in [0.3, 0.4) is 0 Å². The molecule has 0 rings (SSSR count). The minimum Gasteiger partial charge on any atom is -0.466 e. The number of allylic oxidation sites excluding steroid dienone is 3. The Morgan fingerprint density at radius 3 is 1.25 bits per heavy atom. The van der Waals surface area contributed by atoms with E-state index in [1.54, 1.807) is 6.08 Å². The summed E-state index contributed by atoms with van der Waals surface area (Å²) in [6.07, 6.45) is 54.5. The highest BCUT2D eigenvalue weighted by Gasteiger charge is 2.18. The van der Waals surface area contributed by atoms with Crippen LogP contribution in [0, 0.1) is 0 Å². The number of aliphatic hydroxyl groups is 2. The summed E-state index contributed by atoms with van der Waals surface area (Å²) in [5, 5.41) is 23.0. The van der Waals surface area contributed by atoms with Crippen LogP contribution in [-0.2, 0) is 14.3 Å². The van der Waals surface area contributed by atoms with Gasteiger partial charge in [-0.15, -0.1) is 0 Å². The van der Waals surface area contributed by atoms with E-state index in [9.17, 15) is 19.8 Å². The maximum absolute atomic E-state index is 12.4. The molecule has 1 amide bonds. The lowest BCUT2D eigenvalue weighted by atomic mass is 10.0. The van der Waals surface area contributed by atoms with Gasteiger partial charge < -0.3 is 20.3 Å². The molecule has 0 bridgehead atoms. The topological polar surface area (TPSA) is 95.9 Å². The summed E-state index contributed by atoms with van der Waals surface area (Å²) >= 11 is 0. The number of esters is 1. The zero-order chi connectivity index (χ0) is 41.5. The molecule has 6 nitrogen and oxygen atoms in total. The maximum Gasteiger partial charge on any atom is 0.305 e. The van der Waals surface area contributed by atoms with E-state index in [0.29, 0.717) is 19.4 Å². The molecule has 0 aromatic carbocycles. The van der Waals surface area contributed by atoms with E-state index in [4.69, 9.17) is 4.74 Å². The van der Waals surface area contributed by atoms with E-state index in [2.05, 4.69) is 31.3 Å². The number of nitrogens with one attached hydrogen (secondary N) is 1. The lowest BCUT2D eigenvalue weighted by Gasteiger charge is -2.20. The van der Waals surface area contributed by atoms with E-state index in [1.165, 1.54) is 180 Å². The molecule has 336 valence electrons. The van der Waals surface area contributed by atoms with Gasteiger partial charge in [-0.3, -0.25) is 9.59 Å². The minimum absolute atomic E-state index is 0.0359. The minimum atomic E-state index is -0.862. The van der Waals surface area contributed by atoms with Gasteiger partial charge in [0.1, 0.15) is 0 Å². The summed E-state index contributed by atoms with van der Waals surface area (Å²) in [5.41, 5.74) is 0. The quantitative estimate of drug-likeness (QED) is 0.0324. The molecule has 3 N–H and O–H groups in total. The highest BCUT2D eigenvalue weighted by molar-refractivity contribution is 5.76. The number of aliphatic hydroxyl groups excluding tert-OH is 2. The lowest BCUT2D eigenvalue weighted by molar-refractivity contribution is -0.143. The van der Waals surface area contributed by atoms with Gasteiger partial charge in [-0.2, -0.15) is 0 Å². The second-order valence-electron chi connectivity index (χ2n) is 17.1. The van der Waals surface area contributed by atoms with Crippen molar-refractivity contribution < 1.29 is 24.5 Å². The van der Waals surface area contributed by atoms with Crippen molar-refractivity contribution >= 4 is 11.9 Å². The third-order valence-corrected chi connectivity index (χ3v) is 11.5. The predicted molar refractivity (Wildman–Crippen MR) is 246 cm³/mol. The number of hydrogen-bond acceptors (Lipinski definition) is 5. The molecule has 0 spiro atoms. The van der Waals surface area contributed by atoms with Crippen LogP contribution in [-0.4, -0.2) is 47.4 Å². The van der Waals surface area contributed by atoms with Crippen LogP contribution in [0.25, 0.3) is 0 Å². The van der Waals surface area contributed by atoms with Crippen LogP contribution >= 0.6 is 0 Å². The standard InChI is InChI=1S/C51H97NO5/c1-3-5-7-9-11-13-15-17-19-20-21-22-24-27-31-35-39-43-49(54)48(47-53)52-50(55)44-40-36-32-28-26-30-34-38-42-46-57-51(56)45-41-37-33-29-25-23-18-16-14-12-10-8-6-4-2/h16,18,39,43,48-49,53-54H,3-15,17,19-38,40-42,44-47H2,1-2H3,(H,52,55)/b18-16-,43-39+. The smallest absolute Gasteiger partial charge is 0.305 e. The SMILES string of the molecule is CCCCCCC/C=C\CCCCCCCC(=O)OCCCCCCCCCCCC(=O)NC(CO)C(O)/C=C/CCCCCCCCCCCCCCCCC. The molecule has 0 radical (unpaired) electrons. The van der Waals surface area contributed by atoms with Crippen molar-refractivity contribution in [2.24, 2.45) is 0 Å². The molecule has 0 aromatic rings. The number of hydrogen-bond donors (Lipinski definition) is 3. The molecule has 0 fully saturated rings. The van der Waals surface area contributed by atoms with E-state index in [-0.39, 0.29) is 18.5 Å². The van der Waals surface area contributed by atoms with Crippen LogP contribution in [0.4, 0.5) is 0 Å². The van der Waals surface area contributed by atoms with Crippen molar-refractivity contribution in [2.45, 2.75) is 276 Å².